The fraction of sp³-hybridized carbons (Fsp3) is 0.400. The van der Waals surface area contributed by atoms with E-state index in [-0.39, 0.29) is 0 Å². The van der Waals surface area contributed by atoms with Gasteiger partial charge in [0, 0.05) is 36.2 Å². The number of hydrogen-bond acceptors (Lipinski definition) is 4. The Kier molecular flexibility index (Phi) is 5.56. The molecule has 0 aliphatic carbocycles. The van der Waals surface area contributed by atoms with Crippen LogP contribution in [0.15, 0.2) is 25.0 Å². The fourth-order valence-corrected chi connectivity index (χ4v) is 1.38. The third-order valence-electron chi connectivity index (χ3n) is 1.80. The van der Waals surface area contributed by atoms with Crippen LogP contribution in [0.4, 0.5) is 5.95 Å². The maximum absolute atomic E-state index is 5.03. The largest absolute Gasteiger partial charge is 0.383 e. The second-order valence-electron chi connectivity index (χ2n) is 2.93. The molecule has 5 heteroatoms. The number of halogens is 1. The van der Waals surface area contributed by atoms with Crippen molar-refractivity contribution in [2.45, 2.75) is 0 Å². The Balaban J connectivity index is 2.69. The molecule has 1 aromatic rings. The topological polar surface area (TPSA) is 38.2 Å². The molecule has 1 heterocycles. The van der Waals surface area contributed by atoms with E-state index < -0.39 is 0 Å². The molecule has 0 aliphatic heterocycles. The van der Waals surface area contributed by atoms with E-state index in [2.05, 4.69) is 39.1 Å². The molecule has 0 spiro atoms. The monoisotopic (exact) mass is 319 g/mol. The zero-order valence-electron chi connectivity index (χ0n) is 8.69. The smallest absolute Gasteiger partial charge is 0.225 e. The summed E-state index contributed by atoms with van der Waals surface area (Å²) in [5, 5.41) is 0. The summed E-state index contributed by atoms with van der Waals surface area (Å²) in [7, 11) is 1.68. The van der Waals surface area contributed by atoms with Crippen molar-refractivity contribution in [1.29, 1.82) is 0 Å². The second kappa shape index (κ2) is 6.73. The Morgan fingerprint density at radius 3 is 2.73 bits per heavy atom. The molecular formula is C10H14IN3O. The van der Waals surface area contributed by atoms with Gasteiger partial charge in [-0.3, -0.25) is 0 Å². The lowest BCUT2D eigenvalue weighted by molar-refractivity contribution is 0.205. The number of anilines is 1. The van der Waals surface area contributed by atoms with Gasteiger partial charge >= 0.3 is 0 Å². The normalized spacial score (nSPS) is 10.0. The molecule has 4 nitrogen and oxygen atoms in total. The van der Waals surface area contributed by atoms with Gasteiger partial charge in [-0.1, -0.05) is 6.08 Å². The molecule has 0 N–H and O–H groups in total. The van der Waals surface area contributed by atoms with Crippen molar-refractivity contribution in [2.75, 3.05) is 31.7 Å². The van der Waals surface area contributed by atoms with Crippen LogP contribution in [-0.2, 0) is 4.74 Å². The lowest BCUT2D eigenvalue weighted by Gasteiger charge is -2.20. The summed E-state index contributed by atoms with van der Waals surface area (Å²) in [6, 6.07) is 0. The van der Waals surface area contributed by atoms with Gasteiger partial charge in [-0.15, -0.1) is 6.58 Å². The molecule has 15 heavy (non-hydrogen) atoms. The maximum Gasteiger partial charge on any atom is 0.225 e. The molecular weight excluding hydrogens is 305 g/mol. The highest BCUT2D eigenvalue weighted by Crippen LogP contribution is 2.08. The van der Waals surface area contributed by atoms with Crippen LogP contribution in [-0.4, -0.2) is 36.8 Å². The van der Waals surface area contributed by atoms with Crippen molar-refractivity contribution in [3.05, 3.63) is 28.6 Å². The Bertz CT molecular complexity index is 302. The minimum absolute atomic E-state index is 0.656. The predicted molar refractivity (Wildman–Crippen MR) is 69.0 cm³/mol. The van der Waals surface area contributed by atoms with Crippen molar-refractivity contribution in [1.82, 2.24) is 9.97 Å². The first-order valence-corrected chi connectivity index (χ1v) is 5.68. The molecule has 1 aromatic heterocycles. The SMILES string of the molecule is C=CCN(CCOC)c1ncc(I)cn1. The molecule has 0 atom stereocenters. The third kappa shape index (κ3) is 4.13. The zero-order valence-corrected chi connectivity index (χ0v) is 10.8. The highest BCUT2D eigenvalue weighted by Gasteiger charge is 2.06. The van der Waals surface area contributed by atoms with Crippen LogP contribution < -0.4 is 4.90 Å². The Labute approximate surface area is 104 Å². The Morgan fingerprint density at radius 1 is 1.53 bits per heavy atom. The number of hydrogen-bond donors (Lipinski definition) is 0. The van der Waals surface area contributed by atoms with E-state index in [1.807, 2.05) is 11.0 Å². The van der Waals surface area contributed by atoms with Gasteiger partial charge in [-0.05, 0) is 22.6 Å². The van der Waals surface area contributed by atoms with E-state index in [9.17, 15) is 0 Å². The quantitative estimate of drug-likeness (QED) is 0.591. The first-order valence-electron chi connectivity index (χ1n) is 4.60. The van der Waals surface area contributed by atoms with E-state index in [0.717, 1.165) is 16.7 Å². The van der Waals surface area contributed by atoms with Gasteiger partial charge in [-0.2, -0.15) is 0 Å². The molecule has 82 valence electrons. The summed E-state index contributed by atoms with van der Waals surface area (Å²) in [5.74, 6) is 0.715. The Morgan fingerprint density at radius 2 is 2.20 bits per heavy atom. The Hall–Kier alpha value is -0.690. The first kappa shape index (κ1) is 12.4. The average molecular weight is 319 g/mol. The van der Waals surface area contributed by atoms with Crippen LogP contribution >= 0.6 is 22.6 Å². The third-order valence-corrected chi connectivity index (χ3v) is 2.36. The van der Waals surface area contributed by atoms with Gasteiger partial charge in [0.05, 0.1) is 6.61 Å². The zero-order chi connectivity index (χ0) is 11.1. The number of nitrogens with zero attached hydrogens (tertiary/aromatic N) is 3. The van der Waals surface area contributed by atoms with E-state index in [1.165, 1.54) is 0 Å². The summed E-state index contributed by atoms with van der Waals surface area (Å²) >= 11 is 2.18. The van der Waals surface area contributed by atoms with E-state index in [1.54, 1.807) is 19.5 Å². The van der Waals surface area contributed by atoms with Crippen molar-refractivity contribution < 1.29 is 4.74 Å². The summed E-state index contributed by atoms with van der Waals surface area (Å²) < 4.78 is 6.06. The molecule has 0 saturated heterocycles. The van der Waals surface area contributed by atoms with Crippen molar-refractivity contribution >= 4 is 28.5 Å². The fourth-order valence-electron chi connectivity index (χ4n) is 1.10. The van der Waals surface area contributed by atoms with Gasteiger partial charge < -0.3 is 9.64 Å². The molecule has 1 rings (SSSR count). The molecule has 0 radical (unpaired) electrons. The number of aromatic nitrogens is 2. The van der Waals surface area contributed by atoms with Gasteiger partial charge in [0.15, 0.2) is 0 Å². The lowest BCUT2D eigenvalue weighted by atomic mass is 10.5. The van der Waals surface area contributed by atoms with Gasteiger partial charge in [0.2, 0.25) is 5.95 Å². The summed E-state index contributed by atoms with van der Waals surface area (Å²) in [6.45, 7) is 5.86. The van der Waals surface area contributed by atoms with Gasteiger partial charge in [0.25, 0.3) is 0 Å². The highest BCUT2D eigenvalue weighted by molar-refractivity contribution is 14.1. The summed E-state index contributed by atoms with van der Waals surface area (Å²) in [4.78, 5) is 10.5. The van der Waals surface area contributed by atoms with Crippen LogP contribution in [0.25, 0.3) is 0 Å². The van der Waals surface area contributed by atoms with Crippen LogP contribution in [0.5, 0.6) is 0 Å². The minimum Gasteiger partial charge on any atom is -0.383 e. The molecule has 0 amide bonds. The first-order chi connectivity index (χ1) is 7.27. The maximum atomic E-state index is 5.03. The van der Waals surface area contributed by atoms with Gasteiger partial charge in [-0.25, -0.2) is 9.97 Å². The van der Waals surface area contributed by atoms with Crippen molar-refractivity contribution in [2.24, 2.45) is 0 Å². The average Bonchev–Trinajstić information content (AvgIpc) is 2.25. The lowest BCUT2D eigenvalue weighted by Crippen LogP contribution is -2.29. The standard InChI is InChI=1S/C10H14IN3O/c1-3-4-14(5-6-15-2)10-12-7-9(11)8-13-10/h3,7-8H,1,4-6H2,2H3. The number of methoxy groups -OCH3 is 1. The number of rotatable bonds is 6. The predicted octanol–water partition coefficient (Wildman–Crippen LogP) is 1.72. The van der Waals surface area contributed by atoms with Crippen LogP contribution in [0, 0.1) is 3.57 Å². The van der Waals surface area contributed by atoms with Crippen molar-refractivity contribution in [3.63, 3.8) is 0 Å². The summed E-state index contributed by atoms with van der Waals surface area (Å²) in [5.41, 5.74) is 0. The van der Waals surface area contributed by atoms with Crippen LogP contribution in [0.2, 0.25) is 0 Å². The van der Waals surface area contributed by atoms with Crippen LogP contribution in [0.1, 0.15) is 0 Å². The molecule has 0 unspecified atom stereocenters. The summed E-state index contributed by atoms with van der Waals surface area (Å²) in [6.07, 6.45) is 5.43. The van der Waals surface area contributed by atoms with Crippen molar-refractivity contribution in [3.8, 4) is 0 Å². The second-order valence-corrected chi connectivity index (χ2v) is 4.17. The molecule has 0 bridgehead atoms. The van der Waals surface area contributed by atoms with E-state index >= 15 is 0 Å². The van der Waals surface area contributed by atoms with Crippen LogP contribution in [0.3, 0.4) is 0 Å². The minimum atomic E-state index is 0.656. The molecule has 0 aliphatic rings. The van der Waals surface area contributed by atoms with E-state index in [0.29, 0.717) is 12.6 Å². The molecule has 0 saturated carbocycles. The number of ether oxygens (including phenoxy) is 1. The van der Waals surface area contributed by atoms with E-state index in [4.69, 9.17) is 4.74 Å². The van der Waals surface area contributed by atoms with Gasteiger partial charge in [0.1, 0.15) is 0 Å². The highest BCUT2D eigenvalue weighted by atomic mass is 127. The molecule has 0 aromatic carbocycles. The molecule has 0 fully saturated rings.